The summed E-state index contributed by atoms with van der Waals surface area (Å²) >= 11 is 0. The third kappa shape index (κ3) is 8.83. The van der Waals surface area contributed by atoms with E-state index in [1.807, 2.05) is 53.1 Å². The molecular weight excluding hydrogens is 961 g/mol. The molecule has 0 atom stereocenters. The average molecular weight is 1040 g/mol. The van der Waals surface area contributed by atoms with Gasteiger partial charge < -0.3 is 13.9 Å². The maximum atomic E-state index is 10.5. The van der Waals surface area contributed by atoms with E-state index in [1.54, 1.807) is 36.5 Å². The Hall–Kier alpha value is -10.4. The van der Waals surface area contributed by atoms with Crippen LogP contribution in [0.1, 0.15) is 46.7 Å². The highest BCUT2D eigenvalue weighted by Gasteiger charge is 2.22. The summed E-state index contributed by atoms with van der Waals surface area (Å²) in [4.78, 5) is 4.63. The van der Waals surface area contributed by atoms with Crippen molar-refractivity contribution in [1.82, 2.24) is 14.1 Å². The quantitative estimate of drug-likeness (QED) is 0.0956. The minimum Gasteiger partial charge on any atom is -0.458 e. The first kappa shape index (κ1) is 25.2. The van der Waals surface area contributed by atoms with Gasteiger partial charge in [0.1, 0.15) is 17.3 Å². The topological polar surface area (TPSA) is 35.9 Å². The van der Waals surface area contributed by atoms with Crippen molar-refractivity contribution in [3.63, 3.8) is 0 Å². The lowest BCUT2D eigenvalue weighted by atomic mass is 9.84. The SMILES string of the molecule is [2H]c1c([2H])c([2H])c(-c2cc(-c3c([2H])c([2H])c([2H])c(-c4c([2H])c(-c5c([2H])c([2H])c([2H])c([2H])c5[2H])c([2H])c(-c5c([2H])c([2H])c(C)c([2H])c5[2H])c4[2H])c3-c3cccc4c3[n+](C([2H])([2H])[2H])[c-]n4-c3cccc(Oc4ccc5c6ccccc6n(-c6ccccn6)c5c4)c3)c([2H])c(-c3c([2H])c([2H])c([2H])c([2H])c3[2H])c2[2H])c([2H])c1[2H]. The van der Waals surface area contributed by atoms with Crippen LogP contribution in [0.3, 0.4) is 0 Å². The Morgan fingerprint density at radius 3 is 1.76 bits per heavy atom. The van der Waals surface area contributed by atoms with E-state index in [2.05, 4.69) is 11.3 Å². The number of hydrogen-bond donors (Lipinski definition) is 0. The lowest BCUT2D eigenvalue weighted by molar-refractivity contribution is -0.649. The number of rotatable bonds is 11. The second kappa shape index (κ2) is 20.0. The van der Waals surface area contributed by atoms with Crippen LogP contribution in [0, 0.1) is 13.3 Å². The zero-order chi connectivity index (χ0) is 78.8. The minimum atomic E-state index is -3.36. The average Bonchev–Trinajstić information content (AvgIpc) is 0.734. The molecule has 0 aliphatic heterocycles. The fourth-order valence-corrected chi connectivity index (χ4v) is 9.57. The van der Waals surface area contributed by atoms with E-state index in [1.165, 1.54) is 35.8 Å². The van der Waals surface area contributed by atoms with Crippen molar-refractivity contribution in [2.24, 2.45) is 6.98 Å². The highest BCUT2D eigenvalue weighted by molar-refractivity contribution is 6.09. The molecule has 5 heteroatoms. The molecule has 0 fully saturated rings. The summed E-state index contributed by atoms with van der Waals surface area (Å²) in [7, 11) is 0. The van der Waals surface area contributed by atoms with Gasteiger partial charge in [0, 0.05) is 23.0 Å². The maximum Gasteiger partial charge on any atom is 0.244 e. The first-order valence-electron chi connectivity index (χ1n) is 39.4. The molecule has 0 saturated carbocycles. The van der Waals surface area contributed by atoms with Gasteiger partial charge in [0.2, 0.25) is 6.33 Å². The Kier molecular flexibility index (Phi) is 6.37. The summed E-state index contributed by atoms with van der Waals surface area (Å²) in [6.07, 6.45) is 4.58. The van der Waals surface area contributed by atoms with Crippen molar-refractivity contribution in [3.8, 4) is 101 Å². The molecule has 79 heavy (non-hydrogen) atoms. The highest BCUT2D eigenvalue weighted by atomic mass is 16.5. The van der Waals surface area contributed by atoms with Gasteiger partial charge in [-0.25, -0.2) is 4.98 Å². The van der Waals surface area contributed by atoms with Crippen LogP contribution in [0.5, 0.6) is 11.5 Å². The van der Waals surface area contributed by atoms with Crippen molar-refractivity contribution < 1.29 is 50.4 Å². The van der Waals surface area contributed by atoms with Gasteiger partial charge in [-0.2, -0.15) is 0 Å². The van der Waals surface area contributed by atoms with Crippen LogP contribution in [-0.2, 0) is 6.98 Å². The lowest BCUT2D eigenvalue weighted by Crippen LogP contribution is -2.26. The molecule has 374 valence electrons. The van der Waals surface area contributed by atoms with E-state index in [-0.39, 0.29) is 22.5 Å². The molecule has 14 aromatic rings. The van der Waals surface area contributed by atoms with Gasteiger partial charge in [-0.15, -0.1) is 0 Å². The number of pyridine rings is 1. The van der Waals surface area contributed by atoms with Crippen LogP contribution in [0.25, 0.3) is 122 Å². The van der Waals surface area contributed by atoms with Crippen LogP contribution in [0.4, 0.5) is 0 Å². The molecule has 0 unspecified atom stereocenters. The van der Waals surface area contributed by atoms with Crippen LogP contribution >= 0.6 is 0 Å². The summed E-state index contributed by atoms with van der Waals surface area (Å²) in [5, 5.41) is 1.80. The summed E-state index contributed by atoms with van der Waals surface area (Å²) < 4.78 is 291. The van der Waals surface area contributed by atoms with Crippen molar-refractivity contribution in [2.75, 3.05) is 0 Å². The predicted molar refractivity (Wildman–Crippen MR) is 325 cm³/mol. The number of fused-ring (bicyclic) bond motifs is 4. The molecule has 0 aliphatic rings. The Bertz CT molecular complexity index is 6160. The molecule has 3 aromatic heterocycles. The number of nitrogens with zero attached hydrogens (tertiary/aromatic N) is 4. The molecule has 0 spiro atoms. The van der Waals surface area contributed by atoms with Gasteiger partial charge >= 0.3 is 0 Å². The number of aryl methyl sites for hydroxylation is 1. The Labute approximate surface area is 502 Å². The molecular formula is C74H52N4O. The van der Waals surface area contributed by atoms with E-state index in [0.717, 1.165) is 27.9 Å². The second-order valence-electron chi connectivity index (χ2n) is 17.9. The molecule has 5 nitrogen and oxygen atoms in total. The third-order valence-corrected chi connectivity index (χ3v) is 13.0. The molecule has 0 bridgehead atoms. The normalized spacial score (nSPS) is 16.9. The van der Waals surface area contributed by atoms with E-state index in [9.17, 15) is 26.0 Å². The number of imidazole rings is 1. The smallest absolute Gasteiger partial charge is 0.244 e. The van der Waals surface area contributed by atoms with Crippen LogP contribution in [0.2, 0.25) is 0 Å². The van der Waals surface area contributed by atoms with E-state index >= 15 is 0 Å². The molecule has 0 radical (unpaired) electrons. The number of aromatic nitrogens is 4. The maximum absolute atomic E-state index is 10.5. The Morgan fingerprint density at radius 1 is 0.456 bits per heavy atom. The predicted octanol–water partition coefficient (Wildman–Crippen LogP) is 18.5. The first-order valence-corrected chi connectivity index (χ1v) is 24.4. The molecule has 3 heterocycles. The van der Waals surface area contributed by atoms with E-state index < -0.39 is 254 Å². The van der Waals surface area contributed by atoms with Gasteiger partial charge in [-0.05, 0) is 164 Å². The molecule has 0 saturated heterocycles. The molecule has 0 amide bonds. The van der Waals surface area contributed by atoms with Gasteiger partial charge in [-0.1, -0.05) is 193 Å². The first-order chi connectivity index (χ1) is 51.5. The largest absolute Gasteiger partial charge is 0.458 e. The van der Waals surface area contributed by atoms with Crippen molar-refractivity contribution in [3.05, 3.63) is 290 Å². The number of hydrogen-bond acceptors (Lipinski definition) is 2. The van der Waals surface area contributed by atoms with Gasteiger partial charge in [0.25, 0.3) is 0 Å². The zero-order valence-corrected chi connectivity index (χ0v) is 41.2. The minimum absolute atomic E-state index is 0.105. The fraction of sp³-hybridized carbons (Fsp3) is 0.0270. The van der Waals surface area contributed by atoms with Crippen LogP contribution in [-0.4, -0.2) is 14.1 Å². The zero-order valence-electron chi connectivity index (χ0n) is 71.2. The third-order valence-electron chi connectivity index (χ3n) is 13.0. The summed E-state index contributed by atoms with van der Waals surface area (Å²) in [6, 6.07) is 2.64. The standard InChI is InChI=1S/C74H52N4O/c1-50-34-36-54(37-35-50)58-42-57(53-23-10-5-11-24-53)45-60(46-58)65-29-17-28-64(59-43-55(51-19-6-3-7-20-51)41-56(44-59)52-21-8-4-9-22-52)73(65)68-30-18-32-70-74(68)76(2)49-77(70)61-25-16-26-62(47-61)79-63-38-39-67-66-27-12-13-31-69(66)78(71(67)48-63)72-33-14-15-40-75-72/h3-48H,1-2H3/i2D3,3D,4D,5D,6D,7D,8D,9D,10D,11D,17D,19D,20D,21D,22D,23D,24D,28D,29D,34D,35D,36D,37D,41D,42D,43D,45D,46D. The number of para-hydroxylation sites is 2. The Balaban J connectivity index is 1.16. The molecule has 0 N–H and O–H groups in total. The van der Waals surface area contributed by atoms with Crippen molar-refractivity contribution in [1.29, 1.82) is 0 Å². The molecule has 11 aromatic carbocycles. The molecule has 0 aliphatic carbocycles. The monoisotopic (exact) mass is 1040 g/mol. The Morgan fingerprint density at radius 2 is 1.05 bits per heavy atom. The van der Waals surface area contributed by atoms with Crippen molar-refractivity contribution >= 4 is 32.8 Å². The second-order valence-corrected chi connectivity index (χ2v) is 17.9. The van der Waals surface area contributed by atoms with Crippen molar-refractivity contribution in [2.45, 2.75) is 6.92 Å². The summed E-state index contributed by atoms with van der Waals surface area (Å²) in [5.41, 5.74) is -10.9. The van der Waals surface area contributed by atoms with Gasteiger partial charge in [0.15, 0.2) is 0 Å². The highest BCUT2D eigenvalue weighted by Crippen LogP contribution is 2.46. The van der Waals surface area contributed by atoms with Crippen LogP contribution in [0.15, 0.2) is 279 Å². The fourth-order valence-electron chi connectivity index (χ4n) is 9.57. The van der Waals surface area contributed by atoms with Gasteiger partial charge in [-0.3, -0.25) is 4.57 Å². The summed E-state index contributed by atoms with van der Waals surface area (Å²) in [5.74, 6) is 1.15. The lowest BCUT2D eigenvalue weighted by Gasteiger charge is -2.21. The number of benzene rings is 11. The van der Waals surface area contributed by atoms with Gasteiger partial charge in [0.05, 0.1) is 75.9 Å². The molecule has 14 rings (SSSR count). The summed E-state index contributed by atoms with van der Waals surface area (Å²) in [6.45, 7) is -2.11. The van der Waals surface area contributed by atoms with Crippen LogP contribution < -0.4 is 9.30 Å². The van der Waals surface area contributed by atoms with E-state index in [0.29, 0.717) is 16.1 Å². The van der Waals surface area contributed by atoms with E-state index in [4.69, 9.17) is 19.8 Å². The number of ether oxygens (including phenoxy) is 1.